The molecule has 0 aromatic carbocycles. The Kier molecular flexibility index (Phi) is 4.00. The highest BCUT2D eigenvalue weighted by molar-refractivity contribution is 7.89. The zero-order chi connectivity index (χ0) is 13.2. The molecule has 8 heteroatoms. The first kappa shape index (κ1) is 13.5. The molecule has 1 aliphatic heterocycles. The number of rotatable bonds is 4. The van der Waals surface area contributed by atoms with E-state index in [1.165, 1.54) is 10.5 Å². The Balaban J connectivity index is 2.19. The minimum absolute atomic E-state index is 0.0953. The van der Waals surface area contributed by atoms with Gasteiger partial charge in [-0.25, -0.2) is 13.4 Å². The molecule has 1 aliphatic rings. The second kappa shape index (κ2) is 5.35. The summed E-state index contributed by atoms with van der Waals surface area (Å²) in [5.74, 6) is 0.639. The third-order valence-corrected chi connectivity index (χ3v) is 4.64. The van der Waals surface area contributed by atoms with Gasteiger partial charge in [-0.3, -0.25) is 0 Å². The van der Waals surface area contributed by atoms with Gasteiger partial charge in [0.1, 0.15) is 5.82 Å². The van der Waals surface area contributed by atoms with Crippen LogP contribution in [0.5, 0.6) is 0 Å². The van der Waals surface area contributed by atoms with Gasteiger partial charge in [0.2, 0.25) is 0 Å². The van der Waals surface area contributed by atoms with Crippen molar-refractivity contribution in [3.63, 3.8) is 0 Å². The van der Waals surface area contributed by atoms with E-state index >= 15 is 0 Å². The highest BCUT2D eigenvalue weighted by Gasteiger charge is 2.31. The zero-order valence-corrected chi connectivity index (χ0v) is 11.0. The lowest BCUT2D eigenvalue weighted by molar-refractivity contribution is -0.0305. The van der Waals surface area contributed by atoms with Crippen LogP contribution in [-0.4, -0.2) is 60.2 Å². The smallest absolute Gasteiger partial charge is 0.260 e. The molecule has 0 aliphatic carbocycles. The molecule has 1 unspecified atom stereocenters. The number of H-pyrrole nitrogens is 1. The number of morpholine rings is 1. The average molecular weight is 275 g/mol. The second-order valence-corrected chi connectivity index (χ2v) is 5.99. The maximum absolute atomic E-state index is 12.3. The number of hydrogen-bond acceptors (Lipinski definition) is 5. The highest BCUT2D eigenvalue weighted by Crippen LogP contribution is 2.17. The first-order valence-corrected chi connectivity index (χ1v) is 7.28. The van der Waals surface area contributed by atoms with Crippen molar-refractivity contribution in [2.75, 3.05) is 26.3 Å². The molecule has 0 radical (unpaired) electrons. The summed E-state index contributed by atoms with van der Waals surface area (Å²) < 4.78 is 31.1. The summed E-state index contributed by atoms with van der Waals surface area (Å²) in [6.07, 6.45) is 1.53. The summed E-state index contributed by atoms with van der Waals surface area (Å²) in [4.78, 5) is 6.78. The number of aliphatic hydroxyl groups excluding tert-OH is 1. The molecule has 0 bridgehead atoms. The fourth-order valence-corrected chi connectivity index (χ4v) is 3.20. The molecule has 7 nitrogen and oxygen atoms in total. The van der Waals surface area contributed by atoms with Crippen molar-refractivity contribution in [1.29, 1.82) is 0 Å². The van der Waals surface area contributed by atoms with Crippen molar-refractivity contribution in [2.45, 2.75) is 24.5 Å². The lowest BCUT2D eigenvalue weighted by Gasteiger charge is -2.30. The molecule has 18 heavy (non-hydrogen) atoms. The van der Waals surface area contributed by atoms with E-state index in [9.17, 15) is 8.42 Å². The van der Waals surface area contributed by atoms with Gasteiger partial charge < -0.3 is 14.8 Å². The van der Waals surface area contributed by atoms with Crippen LogP contribution in [0.25, 0.3) is 0 Å². The van der Waals surface area contributed by atoms with Gasteiger partial charge in [0, 0.05) is 19.5 Å². The second-order valence-electron chi connectivity index (χ2n) is 4.09. The summed E-state index contributed by atoms with van der Waals surface area (Å²) in [7, 11) is -3.57. The number of nitrogens with zero attached hydrogens (tertiary/aromatic N) is 2. The van der Waals surface area contributed by atoms with Crippen LogP contribution in [0, 0.1) is 0 Å². The number of imidazole rings is 1. The largest absolute Gasteiger partial charge is 0.394 e. The molecular formula is C10H17N3O4S. The van der Waals surface area contributed by atoms with E-state index < -0.39 is 16.1 Å². The molecule has 1 aromatic rings. The molecule has 1 aromatic heterocycles. The minimum atomic E-state index is -3.57. The molecule has 1 saturated heterocycles. The Labute approximate surface area is 106 Å². The van der Waals surface area contributed by atoms with Gasteiger partial charge >= 0.3 is 0 Å². The van der Waals surface area contributed by atoms with Gasteiger partial charge in [-0.15, -0.1) is 0 Å². The number of nitrogens with one attached hydrogen (secondary N) is 1. The number of hydrogen-bond donors (Lipinski definition) is 2. The zero-order valence-electron chi connectivity index (χ0n) is 10.2. The topological polar surface area (TPSA) is 95.5 Å². The Morgan fingerprint density at radius 2 is 2.44 bits per heavy atom. The van der Waals surface area contributed by atoms with Crippen molar-refractivity contribution in [2.24, 2.45) is 0 Å². The van der Waals surface area contributed by atoms with Gasteiger partial charge in [0.05, 0.1) is 25.5 Å². The quantitative estimate of drug-likeness (QED) is 0.761. The number of aliphatic hydroxyl groups is 1. The van der Waals surface area contributed by atoms with Gasteiger partial charge in [-0.05, 0) is 0 Å². The van der Waals surface area contributed by atoms with E-state index in [-0.39, 0.29) is 18.2 Å². The fourth-order valence-electron chi connectivity index (χ4n) is 1.81. The van der Waals surface area contributed by atoms with E-state index in [0.29, 0.717) is 25.4 Å². The molecule has 1 atom stereocenters. The SMILES string of the molecule is CCc1ncc(S(=O)(=O)N2CCOC(CO)C2)[nH]1. The monoisotopic (exact) mass is 275 g/mol. The predicted octanol–water partition coefficient (Wildman–Crippen LogP) is -0.646. The van der Waals surface area contributed by atoms with Crippen LogP contribution < -0.4 is 0 Å². The third kappa shape index (κ3) is 2.56. The lowest BCUT2D eigenvalue weighted by atomic mass is 10.3. The van der Waals surface area contributed by atoms with Gasteiger partial charge in [0.15, 0.2) is 5.03 Å². The first-order valence-electron chi connectivity index (χ1n) is 5.84. The molecular weight excluding hydrogens is 258 g/mol. The molecule has 0 amide bonds. The van der Waals surface area contributed by atoms with Gasteiger partial charge in [-0.2, -0.15) is 4.31 Å². The summed E-state index contributed by atoms with van der Waals surface area (Å²) in [5.41, 5.74) is 0. The Bertz CT molecular complexity index is 499. The number of aromatic nitrogens is 2. The predicted molar refractivity (Wildman–Crippen MR) is 63.6 cm³/mol. The molecule has 102 valence electrons. The fraction of sp³-hybridized carbons (Fsp3) is 0.700. The Morgan fingerprint density at radius 3 is 3.06 bits per heavy atom. The number of sulfonamides is 1. The Hall–Kier alpha value is -0.960. The minimum Gasteiger partial charge on any atom is -0.394 e. The molecule has 0 saturated carbocycles. The lowest BCUT2D eigenvalue weighted by Crippen LogP contribution is -2.46. The van der Waals surface area contributed by atoms with Crippen LogP contribution in [0.3, 0.4) is 0 Å². The maximum atomic E-state index is 12.3. The van der Waals surface area contributed by atoms with Crippen LogP contribution in [0.4, 0.5) is 0 Å². The van der Waals surface area contributed by atoms with Crippen LogP contribution in [-0.2, 0) is 21.2 Å². The van der Waals surface area contributed by atoms with E-state index in [2.05, 4.69) is 9.97 Å². The summed E-state index contributed by atoms with van der Waals surface area (Å²) in [5, 5.41) is 9.12. The number of ether oxygens (including phenoxy) is 1. The van der Waals surface area contributed by atoms with Crippen LogP contribution >= 0.6 is 0 Å². The first-order chi connectivity index (χ1) is 8.57. The molecule has 2 rings (SSSR count). The van der Waals surface area contributed by atoms with E-state index in [4.69, 9.17) is 9.84 Å². The summed E-state index contributed by atoms with van der Waals surface area (Å²) >= 11 is 0. The normalized spacial score (nSPS) is 22.2. The number of aromatic amines is 1. The van der Waals surface area contributed by atoms with Crippen LogP contribution in [0.2, 0.25) is 0 Å². The third-order valence-electron chi connectivity index (χ3n) is 2.86. The molecule has 1 fully saturated rings. The Morgan fingerprint density at radius 1 is 1.67 bits per heavy atom. The standard InChI is InChI=1S/C10H17N3O4S/c1-2-9-11-5-10(12-9)18(15,16)13-3-4-17-8(6-13)7-14/h5,8,14H,2-4,6-7H2,1H3,(H,11,12). The van der Waals surface area contributed by atoms with Crippen molar-refractivity contribution in [1.82, 2.24) is 14.3 Å². The molecule has 2 heterocycles. The maximum Gasteiger partial charge on any atom is 0.260 e. The van der Waals surface area contributed by atoms with Crippen molar-refractivity contribution in [3.05, 3.63) is 12.0 Å². The van der Waals surface area contributed by atoms with E-state index in [1.807, 2.05) is 6.92 Å². The summed E-state index contributed by atoms with van der Waals surface area (Å²) in [6.45, 7) is 2.46. The van der Waals surface area contributed by atoms with Gasteiger partial charge in [0.25, 0.3) is 10.0 Å². The molecule has 0 spiro atoms. The van der Waals surface area contributed by atoms with Gasteiger partial charge in [-0.1, -0.05) is 6.92 Å². The van der Waals surface area contributed by atoms with Crippen LogP contribution in [0.1, 0.15) is 12.7 Å². The molecule has 2 N–H and O–H groups in total. The average Bonchev–Trinajstić information content (AvgIpc) is 2.88. The van der Waals surface area contributed by atoms with E-state index in [1.54, 1.807) is 0 Å². The van der Waals surface area contributed by atoms with Crippen molar-refractivity contribution >= 4 is 10.0 Å². The van der Waals surface area contributed by atoms with Crippen molar-refractivity contribution < 1.29 is 18.3 Å². The van der Waals surface area contributed by atoms with Crippen LogP contribution in [0.15, 0.2) is 11.2 Å². The highest BCUT2D eigenvalue weighted by atomic mass is 32.2. The number of aryl methyl sites for hydroxylation is 1. The van der Waals surface area contributed by atoms with E-state index in [0.717, 1.165) is 0 Å². The summed E-state index contributed by atoms with van der Waals surface area (Å²) in [6, 6.07) is 0. The van der Waals surface area contributed by atoms with Crippen molar-refractivity contribution in [3.8, 4) is 0 Å².